The Kier molecular flexibility index (Phi) is 6.46. The number of nitrogens with one attached hydrogen (secondary N) is 1. The van der Waals surface area contributed by atoms with Crippen molar-refractivity contribution in [3.8, 4) is 0 Å². The van der Waals surface area contributed by atoms with Crippen LogP contribution in [-0.2, 0) is 20.2 Å². The molecule has 0 unspecified atom stereocenters. The van der Waals surface area contributed by atoms with Crippen LogP contribution in [0.15, 0.2) is 76.5 Å². The summed E-state index contributed by atoms with van der Waals surface area (Å²) in [7, 11) is -9.24. The summed E-state index contributed by atoms with van der Waals surface area (Å²) in [5.74, 6) is -0.438. The molecule has 0 aliphatic heterocycles. The lowest BCUT2D eigenvalue weighted by Gasteiger charge is -2.09. The molecule has 3 aromatic rings. The third-order valence-electron chi connectivity index (χ3n) is 4.34. The smallest absolute Gasteiger partial charge is 0.295 e. The summed E-state index contributed by atoms with van der Waals surface area (Å²) in [5.41, 5.74) is 6.28. The van der Waals surface area contributed by atoms with Crippen molar-refractivity contribution in [2.45, 2.75) is 9.79 Å². The van der Waals surface area contributed by atoms with Crippen molar-refractivity contribution < 1.29 is 30.7 Å². The Morgan fingerprint density at radius 2 is 1.41 bits per heavy atom. The average Bonchev–Trinajstić information content (AvgIpc) is 2.72. The Morgan fingerprint density at radius 1 is 0.781 bits per heavy atom. The van der Waals surface area contributed by atoms with Crippen LogP contribution in [0.2, 0.25) is 0 Å². The summed E-state index contributed by atoms with van der Waals surface area (Å²) in [4.78, 5) is 11.4. The number of hydrogen-bond donors (Lipinski definition) is 4. The fourth-order valence-corrected chi connectivity index (χ4v) is 4.26. The molecular weight excluding hydrogens is 456 g/mol. The molecule has 1 amide bonds. The fourth-order valence-electron chi connectivity index (χ4n) is 2.88. The quantitative estimate of drug-likeness (QED) is 0.240. The molecule has 0 aromatic heterocycles. The van der Waals surface area contributed by atoms with Gasteiger partial charge >= 0.3 is 0 Å². The number of benzene rings is 3. The van der Waals surface area contributed by atoms with Crippen molar-refractivity contribution in [1.29, 1.82) is 0 Å². The van der Waals surface area contributed by atoms with Crippen molar-refractivity contribution in [2.24, 2.45) is 0 Å². The van der Waals surface area contributed by atoms with E-state index in [9.17, 15) is 30.7 Å². The number of amides is 1. The predicted molar refractivity (Wildman–Crippen MR) is 120 cm³/mol. The number of rotatable bonds is 6. The number of carbonyl (C=O) groups excluding carboxylic acids is 1. The molecule has 11 heteroatoms. The summed E-state index contributed by atoms with van der Waals surface area (Å²) in [6, 6.07) is 15.8. The van der Waals surface area contributed by atoms with E-state index in [0.29, 0.717) is 5.56 Å². The Hall–Kier alpha value is -3.51. The third-order valence-corrected chi connectivity index (χ3v) is 6.18. The highest BCUT2D eigenvalue weighted by Crippen LogP contribution is 2.25. The van der Waals surface area contributed by atoms with Crippen LogP contribution >= 0.6 is 0 Å². The predicted octanol–water partition coefficient (Wildman–Crippen LogP) is 3.18. The highest BCUT2D eigenvalue weighted by molar-refractivity contribution is 7.86. The molecule has 0 bridgehead atoms. The number of anilines is 2. The van der Waals surface area contributed by atoms with Crippen LogP contribution in [0.25, 0.3) is 12.2 Å². The molecule has 3 aromatic carbocycles. The molecule has 0 spiro atoms. The molecule has 0 fully saturated rings. The van der Waals surface area contributed by atoms with Crippen LogP contribution in [0.3, 0.4) is 0 Å². The number of hydrogen-bond acceptors (Lipinski definition) is 6. The first-order chi connectivity index (χ1) is 14.9. The maximum atomic E-state index is 12.4. The van der Waals surface area contributed by atoms with Crippen molar-refractivity contribution in [3.63, 3.8) is 0 Å². The minimum absolute atomic E-state index is 0.0294. The van der Waals surface area contributed by atoms with E-state index in [-0.39, 0.29) is 22.5 Å². The molecule has 0 radical (unpaired) electrons. The zero-order valence-electron chi connectivity index (χ0n) is 16.3. The van der Waals surface area contributed by atoms with Gasteiger partial charge < -0.3 is 11.1 Å². The molecule has 0 atom stereocenters. The molecule has 0 heterocycles. The summed E-state index contributed by atoms with van der Waals surface area (Å²) in [6.45, 7) is 0. The van der Waals surface area contributed by atoms with Crippen LogP contribution in [-0.4, -0.2) is 31.8 Å². The molecule has 9 nitrogen and oxygen atoms in total. The van der Waals surface area contributed by atoms with E-state index in [2.05, 4.69) is 5.32 Å². The van der Waals surface area contributed by atoms with Crippen LogP contribution in [0.1, 0.15) is 21.5 Å². The molecule has 0 saturated heterocycles. The maximum absolute atomic E-state index is 12.4. The van der Waals surface area contributed by atoms with Gasteiger partial charge in [-0.2, -0.15) is 16.8 Å². The summed E-state index contributed by atoms with van der Waals surface area (Å²) in [6.07, 6.45) is 2.46. The van der Waals surface area contributed by atoms with Gasteiger partial charge in [0, 0.05) is 16.9 Å². The van der Waals surface area contributed by atoms with Crippen molar-refractivity contribution >= 4 is 49.7 Å². The second-order valence-corrected chi connectivity index (χ2v) is 9.43. The van der Waals surface area contributed by atoms with Gasteiger partial charge in [-0.25, -0.2) is 0 Å². The van der Waals surface area contributed by atoms with Crippen molar-refractivity contribution in [2.75, 3.05) is 11.1 Å². The zero-order valence-corrected chi connectivity index (χ0v) is 18.0. The lowest BCUT2D eigenvalue weighted by molar-refractivity contribution is 0.102. The third kappa shape index (κ3) is 5.59. The maximum Gasteiger partial charge on any atom is 0.295 e. The molecule has 32 heavy (non-hydrogen) atoms. The first-order valence-electron chi connectivity index (χ1n) is 8.98. The Balaban J connectivity index is 2.03. The molecule has 5 N–H and O–H groups in total. The minimum atomic E-state index is -4.63. The molecule has 0 aliphatic carbocycles. The van der Waals surface area contributed by atoms with E-state index in [1.54, 1.807) is 30.3 Å². The van der Waals surface area contributed by atoms with Gasteiger partial charge in [0.2, 0.25) is 0 Å². The van der Waals surface area contributed by atoms with Gasteiger partial charge in [-0.1, -0.05) is 36.4 Å². The summed E-state index contributed by atoms with van der Waals surface area (Å²) >= 11 is 0. The lowest BCUT2D eigenvalue weighted by atomic mass is 10.1. The van der Waals surface area contributed by atoms with E-state index < -0.39 is 35.9 Å². The van der Waals surface area contributed by atoms with Gasteiger partial charge in [-0.05, 0) is 53.6 Å². The van der Waals surface area contributed by atoms with E-state index in [0.717, 1.165) is 12.1 Å². The summed E-state index contributed by atoms with van der Waals surface area (Å²) < 4.78 is 65.8. The van der Waals surface area contributed by atoms with Gasteiger partial charge in [0.1, 0.15) is 9.79 Å². The largest absolute Gasteiger partial charge is 0.399 e. The first-order valence-corrected chi connectivity index (χ1v) is 11.9. The highest BCUT2D eigenvalue weighted by atomic mass is 32.2. The monoisotopic (exact) mass is 474 g/mol. The Morgan fingerprint density at radius 3 is 2.03 bits per heavy atom. The zero-order chi connectivity index (χ0) is 23.5. The van der Waals surface area contributed by atoms with Crippen molar-refractivity contribution in [1.82, 2.24) is 0 Å². The van der Waals surface area contributed by atoms with E-state index in [1.165, 1.54) is 36.4 Å². The number of nitrogens with two attached hydrogens (primary N) is 1. The molecule has 166 valence electrons. The number of carbonyl (C=O) groups is 1. The standard InChI is InChI=1S/C21H18N2O7S2/c22-17-9-8-14(20(13-17)32(28,29)30)6-7-16-12-18(10-11-19(16)31(25,26)27)23-21(24)15-4-2-1-3-5-15/h1-13H,22H2,(H,23,24)(H,25,26,27)(H,28,29,30)/b7-6+. The van der Waals surface area contributed by atoms with E-state index >= 15 is 0 Å². The molecule has 0 aliphatic rings. The minimum Gasteiger partial charge on any atom is -0.399 e. The summed E-state index contributed by atoms with van der Waals surface area (Å²) in [5, 5.41) is 2.62. The average molecular weight is 475 g/mol. The highest BCUT2D eigenvalue weighted by Gasteiger charge is 2.17. The SMILES string of the molecule is Nc1ccc(/C=C/c2cc(NC(=O)c3ccccc3)ccc2S(=O)(=O)O)c(S(=O)(=O)O)c1. The van der Waals surface area contributed by atoms with E-state index in [4.69, 9.17) is 5.73 Å². The van der Waals surface area contributed by atoms with Gasteiger partial charge in [0.05, 0.1) is 0 Å². The lowest BCUT2D eigenvalue weighted by Crippen LogP contribution is -2.12. The molecular formula is C21H18N2O7S2. The second-order valence-electron chi connectivity index (χ2n) is 6.65. The Bertz CT molecular complexity index is 1420. The van der Waals surface area contributed by atoms with Crippen LogP contribution in [0.4, 0.5) is 11.4 Å². The Labute approximate surface area is 184 Å². The van der Waals surface area contributed by atoms with E-state index in [1.807, 2.05) is 0 Å². The molecule has 3 rings (SSSR count). The van der Waals surface area contributed by atoms with Crippen LogP contribution < -0.4 is 11.1 Å². The number of nitrogen functional groups attached to an aromatic ring is 1. The topological polar surface area (TPSA) is 164 Å². The second kappa shape index (κ2) is 8.93. The van der Waals surface area contributed by atoms with Crippen LogP contribution in [0.5, 0.6) is 0 Å². The van der Waals surface area contributed by atoms with Crippen LogP contribution in [0, 0.1) is 0 Å². The van der Waals surface area contributed by atoms with Crippen molar-refractivity contribution in [3.05, 3.63) is 83.4 Å². The van der Waals surface area contributed by atoms with Gasteiger partial charge in [-0.15, -0.1) is 0 Å². The fraction of sp³-hybridized carbons (Fsp3) is 0. The van der Waals surface area contributed by atoms with Gasteiger partial charge in [0.25, 0.3) is 26.1 Å². The van der Waals surface area contributed by atoms with Gasteiger partial charge in [-0.3, -0.25) is 13.9 Å². The first kappa shape index (κ1) is 23.2. The molecule has 0 saturated carbocycles. The van der Waals surface area contributed by atoms with Gasteiger partial charge in [0.15, 0.2) is 0 Å². The normalized spacial score (nSPS) is 12.1.